The van der Waals surface area contributed by atoms with Gasteiger partial charge >= 0.3 is 0 Å². The molecule has 2 aromatic carbocycles. The largest absolute Gasteiger partial charge is 0.444 e. The minimum Gasteiger partial charge on any atom is -0.444 e. The van der Waals surface area contributed by atoms with Gasteiger partial charge in [-0.15, -0.1) is 23.1 Å². The van der Waals surface area contributed by atoms with Crippen LogP contribution in [-0.2, 0) is 20.8 Å². The summed E-state index contributed by atoms with van der Waals surface area (Å²) < 4.78 is 6.91. The first-order valence-corrected chi connectivity index (χ1v) is 23.9. The summed E-state index contributed by atoms with van der Waals surface area (Å²) in [5.74, 6) is 1.86. The molecule has 2 aliphatic rings. The van der Waals surface area contributed by atoms with Crippen LogP contribution < -0.4 is 5.32 Å². The highest BCUT2D eigenvalue weighted by Gasteiger charge is 2.32. The zero-order chi connectivity index (χ0) is 43.8. The summed E-state index contributed by atoms with van der Waals surface area (Å²) in [5, 5.41) is 15.8. The maximum Gasteiger partial charge on any atom is 0.264 e. The number of benzene rings is 2. The number of piperidine rings is 2. The molecule has 12 nitrogen and oxygen atoms in total. The van der Waals surface area contributed by atoms with Crippen molar-refractivity contribution in [3.63, 3.8) is 0 Å². The van der Waals surface area contributed by atoms with Gasteiger partial charge in [0.25, 0.3) is 11.8 Å². The number of aromatic nitrogens is 3. The molecule has 324 valence electrons. The van der Waals surface area contributed by atoms with Crippen molar-refractivity contribution in [1.82, 2.24) is 29.7 Å². The fraction of sp³-hybridized carbons (Fsp3) is 0.426. The summed E-state index contributed by atoms with van der Waals surface area (Å²) in [5.41, 5.74) is 3.66. The fourth-order valence-electron chi connectivity index (χ4n) is 8.05. The van der Waals surface area contributed by atoms with Crippen molar-refractivity contribution in [1.29, 1.82) is 5.26 Å². The Labute approximate surface area is 376 Å². The van der Waals surface area contributed by atoms with Crippen LogP contribution in [0.3, 0.4) is 0 Å². The Morgan fingerprint density at radius 1 is 0.984 bits per heavy atom. The topological polar surface area (TPSA) is 149 Å². The standard InChI is InChI=1S/C47H54N8O4S3/c1-6-7-38(53(5)44(57)36(27-48)26-41-49-20-25-60-41)33-12-8-31(9-13-33)32-10-14-35(15-11-32)45(58)55-23-18-37(19-24-55)54-21-16-34(17-22-54)43(56)52-46-51-29-42(62-46)61-30-40-50-28-39(59-40)47(2,3)4/h8-15,20,25-26,28-29,34,37-38H,6-7,16-19,21-24,30H2,1-5H3,(H,51,52,56)/b36-26+. The molecule has 1 N–H and O–H groups in total. The van der Waals surface area contributed by atoms with Crippen molar-refractivity contribution in [3.05, 3.63) is 106 Å². The van der Waals surface area contributed by atoms with Crippen molar-refractivity contribution in [2.75, 3.05) is 38.5 Å². The maximum absolute atomic E-state index is 13.6. The molecule has 2 aliphatic heterocycles. The molecule has 2 fully saturated rings. The lowest BCUT2D eigenvalue weighted by Crippen LogP contribution is -2.49. The second-order valence-corrected chi connectivity index (χ2v) is 20.2. The van der Waals surface area contributed by atoms with Crippen LogP contribution in [-0.4, -0.2) is 86.6 Å². The Balaban J connectivity index is 0.849. The second kappa shape index (κ2) is 20.4. The number of nitrogens with one attached hydrogen (secondary N) is 1. The second-order valence-electron chi connectivity index (χ2n) is 16.9. The van der Waals surface area contributed by atoms with E-state index in [0.29, 0.717) is 46.5 Å². The van der Waals surface area contributed by atoms with Gasteiger partial charge in [-0.3, -0.25) is 14.4 Å². The molecule has 1 unspecified atom stereocenters. The molecule has 15 heteroatoms. The first-order chi connectivity index (χ1) is 29.9. The van der Waals surface area contributed by atoms with E-state index in [1.165, 1.54) is 22.7 Å². The fourth-order valence-corrected chi connectivity index (χ4v) is 10.4. The van der Waals surface area contributed by atoms with Gasteiger partial charge in [0.15, 0.2) is 5.13 Å². The van der Waals surface area contributed by atoms with Crippen LogP contribution in [0.4, 0.5) is 5.13 Å². The minimum atomic E-state index is -0.329. The predicted octanol–water partition coefficient (Wildman–Crippen LogP) is 9.71. The number of anilines is 1. The van der Waals surface area contributed by atoms with E-state index in [1.54, 1.807) is 48.4 Å². The normalized spacial score (nSPS) is 16.2. The van der Waals surface area contributed by atoms with Crippen LogP contribution in [0.2, 0.25) is 0 Å². The molecular formula is C47H54N8O4S3. The quantitative estimate of drug-likeness (QED) is 0.0649. The number of amides is 3. The van der Waals surface area contributed by atoms with E-state index in [9.17, 15) is 19.6 Å². The third-order valence-corrected chi connectivity index (χ3v) is 14.5. The van der Waals surface area contributed by atoms with Crippen molar-refractivity contribution >= 4 is 63.4 Å². The highest BCUT2D eigenvalue weighted by atomic mass is 32.2. The van der Waals surface area contributed by atoms with Crippen LogP contribution in [0, 0.1) is 17.2 Å². The summed E-state index contributed by atoms with van der Waals surface area (Å²) >= 11 is 4.46. The Hall–Kier alpha value is -5.14. The molecule has 0 saturated carbocycles. The smallest absolute Gasteiger partial charge is 0.264 e. The van der Waals surface area contributed by atoms with E-state index < -0.39 is 0 Å². The van der Waals surface area contributed by atoms with Gasteiger partial charge in [0.05, 0.1) is 28.4 Å². The molecule has 3 aromatic heterocycles. The number of thioether (sulfide) groups is 1. The number of carbonyl (C=O) groups is 3. The summed E-state index contributed by atoms with van der Waals surface area (Å²) in [4.78, 5) is 59.3. The number of oxazole rings is 1. The van der Waals surface area contributed by atoms with E-state index >= 15 is 0 Å². The van der Waals surface area contributed by atoms with Gasteiger partial charge in [-0.25, -0.2) is 15.0 Å². The average molecular weight is 891 g/mol. The summed E-state index contributed by atoms with van der Waals surface area (Å²) in [6.07, 6.45) is 11.9. The summed E-state index contributed by atoms with van der Waals surface area (Å²) in [7, 11) is 1.75. The molecule has 62 heavy (non-hydrogen) atoms. The molecule has 7 rings (SSSR count). The maximum atomic E-state index is 13.6. The molecule has 0 aliphatic carbocycles. The van der Waals surface area contributed by atoms with Crippen molar-refractivity contribution in [2.24, 2.45) is 5.92 Å². The Bertz CT molecular complexity index is 2360. The van der Waals surface area contributed by atoms with Gasteiger partial charge in [0.1, 0.15) is 22.4 Å². The van der Waals surface area contributed by atoms with Gasteiger partial charge in [-0.05, 0) is 80.1 Å². The van der Waals surface area contributed by atoms with E-state index in [2.05, 4.69) is 58.9 Å². The van der Waals surface area contributed by atoms with E-state index in [-0.39, 0.29) is 40.7 Å². The lowest BCUT2D eigenvalue weighted by Gasteiger charge is -2.41. The van der Waals surface area contributed by atoms with E-state index in [0.717, 1.165) is 78.3 Å². The zero-order valence-corrected chi connectivity index (χ0v) is 38.5. The molecule has 0 bridgehead atoms. The lowest BCUT2D eigenvalue weighted by atomic mass is 9.92. The third kappa shape index (κ3) is 11.1. The number of nitrogens with zero attached hydrogens (tertiary/aromatic N) is 7. The molecular weight excluding hydrogens is 837 g/mol. The first kappa shape index (κ1) is 44.9. The molecule has 2 saturated heterocycles. The van der Waals surface area contributed by atoms with Crippen molar-refractivity contribution in [3.8, 4) is 17.2 Å². The number of hydrogen-bond donors (Lipinski definition) is 1. The van der Waals surface area contributed by atoms with Crippen LogP contribution in [0.25, 0.3) is 17.2 Å². The minimum absolute atomic E-state index is 0.0335. The number of thiazole rings is 2. The number of carbonyl (C=O) groups excluding carboxylic acids is 3. The van der Waals surface area contributed by atoms with E-state index in [4.69, 9.17) is 4.42 Å². The van der Waals surface area contributed by atoms with Crippen LogP contribution in [0.15, 0.2) is 86.7 Å². The monoisotopic (exact) mass is 890 g/mol. The van der Waals surface area contributed by atoms with Crippen LogP contribution in [0.5, 0.6) is 0 Å². The van der Waals surface area contributed by atoms with Gasteiger partial charge in [0.2, 0.25) is 11.8 Å². The SMILES string of the molecule is CCCC(c1ccc(-c2ccc(C(=O)N3CCC(N4CCC(C(=O)Nc5ncc(SCc6ncc(C(C)(C)C)o6)s5)CC4)CC3)cc2)cc1)N(C)C(=O)/C(C#N)=C/c1nccs1. The molecule has 0 radical (unpaired) electrons. The Morgan fingerprint density at radius 2 is 1.68 bits per heavy atom. The number of likely N-dealkylation sites (tertiary alicyclic amines) is 2. The summed E-state index contributed by atoms with van der Waals surface area (Å²) in [6.45, 7) is 11.5. The molecule has 1 atom stereocenters. The molecule has 5 heterocycles. The van der Waals surface area contributed by atoms with E-state index in [1.807, 2.05) is 58.8 Å². The van der Waals surface area contributed by atoms with Crippen LogP contribution in [0.1, 0.15) is 105 Å². The van der Waals surface area contributed by atoms with Crippen LogP contribution >= 0.6 is 34.4 Å². The molecule has 5 aromatic rings. The number of rotatable bonds is 14. The molecule has 0 spiro atoms. The Kier molecular flexibility index (Phi) is 14.7. The highest BCUT2D eigenvalue weighted by Crippen LogP contribution is 2.34. The van der Waals surface area contributed by atoms with Gasteiger partial charge in [-0.2, -0.15) is 5.26 Å². The third-order valence-electron chi connectivity index (χ3n) is 11.7. The number of hydrogen-bond acceptors (Lipinski definition) is 12. The number of likely N-dealkylation sites (N-methyl/N-ethyl adjacent to an activating group) is 1. The van der Waals surface area contributed by atoms with Gasteiger partial charge < -0.3 is 24.4 Å². The highest BCUT2D eigenvalue weighted by molar-refractivity contribution is 8.00. The number of nitriles is 1. The van der Waals surface area contributed by atoms with Gasteiger partial charge in [0, 0.05) is 54.7 Å². The lowest BCUT2D eigenvalue weighted by molar-refractivity contribution is -0.127. The summed E-state index contributed by atoms with van der Waals surface area (Å²) in [6, 6.07) is 18.2. The van der Waals surface area contributed by atoms with Crippen molar-refractivity contribution < 1.29 is 18.8 Å². The molecule has 3 amide bonds. The van der Waals surface area contributed by atoms with Gasteiger partial charge in [-0.1, -0.05) is 81.9 Å². The Morgan fingerprint density at radius 3 is 2.29 bits per heavy atom. The first-order valence-electron chi connectivity index (χ1n) is 21.3. The predicted molar refractivity (Wildman–Crippen MR) is 247 cm³/mol. The zero-order valence-electron chi connectivity index (χ0n) is 36.0. The average Bonchev–Trinajstić information content (AvgIpc) is 4.10. The van der Waals surface area contributed by atoms with Crippen molar-refractivity contribution in [2.45, 2.75) is 93.7 Å².